The topological polar surface area (TPSA) is 46.0 Å². The first-order valence-corrected chi connectivity index (χ1v) is 11.5. The fourth-order valence-electron chi connectivity index (χ4n) is 3.98. The van der Waals surface area contributed by atoms with Crippen molar-refractivity contribution < 1.29 is 4.74 Å². The predicted molar refractivity (Wildman–Crippen MR) is 137 cm³/mol. The van der Waals surface area contributed by atoms with Gasteiger partial charge in [0.1, 0.15) is 11.5 Å². The third-order valence-corrected chi connectivity index (χ3v) is 5.87. The number of nitrogens with zero attached hydrogens (tertiary/aromatic N) is 2. The summed E-state index contributed by atoms with van der Waals surface area (Å²) in [6.07, 6.45) is 2.17. The van der Waals surface area contributed by atoms with Crippen LogP contribution in [0.15, 0.2) is 95.0 Å². The van der Waals surface area contributed by atoms with Crippen LogP contribution in [0.4, 0.5) is 5.69 Å². The van der Waals surface area contributed by atoms with Crippen LogP contribution in [0.3, 0.4) is 0 Å². The molecule has 0 bridgehead atoms. The molecule has 164 valence electrons. The Labute approximate surface area is 194 Å². The zero-order chi connectivity index (χ0) is 22.6. The monoisotopic (exact) mass is 433 g/mol. The lowest BCUT2D eigenvalue weighted by atomic mass is 9.96. The van der Waals surface area contributed by atoms with Crippen molar-refractivity contribution in [2.75, 3.05) is 6.61 Å². The van der Waals surface area contributed by atoms with Crippen molar-refractivity contribution in [3.05, 3.63) is 107 Å². The number of aryl methyl sites for hydroxylation is 1. The average molecular weight is 434 g/mol. The summed E-state index contributed by atoms with van der Waals surface area (Å²) in [7, 11) is 0. The Balaban J connectivity index is 1.60. The number of rotatable bonds is 6. The van der Waals surface area contributed by atoms with Gasteiger partial charge in [0, 0.05) is 22.1 Å². The predicted octanol–water partition coefficient (Wildman–Crippen LogP) is 6.76. The van der Waals surface area contributed by atoms with Crippen LogP contribution in [0.2, 0.25) is 0 Å². The van der Waals surface area contributed by atoms with E-state index in [4.69, 9.17) is 14.8 Å². The van der Waals surface area contributed by atoms with Crippen LogP contribution in [0.1, 0.15) is 42.0 Å². The molecule has 1 heterocycles. The second kappa shape index (κ2) is 9.29. The minimum atomic E-state index is 0.737. The van der Waals surface area contributed by atoms with Gasteiger partial charge in [0.25, 0.3) is 0 Å². The van der Waals surface area contributed by atoms with Crippen LogP contribution in [-0.2, 0) is 0 Å². The summed E-state index contributed by atoms with van der Waals surface area (Å²) >= 11 is 0. The SMILES string of the molecule is CCCCOc1ccc(C2=NNC(c3ccc(C)cc3)=Nc3c2ccc2ccccc32)cc1. The van der Waals surface area contributed by atoms with E-state index in [1.165, 1.54) is 5.56 Å². The number of fused-ring (bicyclic) bond motifs is 3. The van der Waals surface area contributed by atoms with E-state index in [2.05, 4.69) is 92.1 Å². The van der Waals surface area contributed by atoms with Gasteiger partial charge >= 0.3 is 0 Å². The molecule has 4 nitrogen and oxygen atoms in total. The van der Waals surface area contributed by atoms with Crippen molar-refractivity contribution >= 4 is 28.0 Å². The van der Waals surface area contributed by atoms with Crippen molar-refractivity contribution in [2.45, 2.75) is 26.7 Å². The summed E-state index contributed by atoms with van der Waals surface area (Å²) in [6, 6.07) is 29.1. The Morgan fingerprint density at radius 1 is 0.818 bits per heavy atom. The van der Waals surface area contributed by atoms with Gasteiger partial charge in [-0.15, -0.1) is 0 Å². The zero-order valence-electron chi connectivity index (χ0n) is 19.0. The van der Waals surface area contributed by atoms with Gasteiger partial charge in [0.15, 0.2) is 5.84 Å². The van der Waals surface area contributed by atoms with Crippen molar-refractivity contribution in [3.8, 4) is 5.75 Å². The molecule has 0 amide bonds. The molecule has 0 saturated carbocycles. The molecule has 0 spiro atoms. The van der Waals surface area contributed by atoms with Crippen LogP contribution in [-0.4, -0.2) is 18.2 Å². The number of unbranched alkanes of at least 4 members (excludes halogenated alkanes) is 1. The molecule has 4 aromatic carbocycles. The van der Waals surface area contributed by atoms with Crippen LogP contribution in [0, 0.1) is 6.92 Å². The number of hydrogen-bond donors (Lipinski definition) is 1. The zero-order valence-corrected chi connectivity index (χ0v) is 19.0. The summed E-state index contributed by atoms with van der Waals surface area (Å²) in [5.74, 6) is 1.62. The highest BCUT2D eigenvalue weighted by Crippen LogP contribution is 2.34. The summed E-state index contributed by atoms with van der Waals surface area (Å²) in [5.41, 5.74) is 9.26. The lowest BCUT2D eigenvalue weighted by Gasteiger charge is -2.11. The van der Waals surface area contributed by atoms with Crippen molar-refractivity contribution in [2.24, 2.45) is 10.1 Å². The first-order chi connectivity index (χ1) is 16.2. The van der Waals surface area contributed by atoms with E-state index in [0.29, 0.717) is 0 Å². The molecule has 0 atom stereocenters. The quantitative estimate of drug-likeness (QED) is 0.341. The molecule has 0 aliphatic carbocycles. The Bertz CT molecular complexity index is 1340. The number of aliphatic imine (C=N–C) groups is 1. The first kappa shape index (κ1) is 21.0. The molecule has 0 saturated heterocycles. The highest BCUT2D eigenvalue weighted by molar-refractivity contribution is 6.21. The number of nitrogens with one attached hydrogen (secondary N) is 1. The van der Waals surface area contributed by atoms with Gasteiger partial charge in [0.05, 0.1) is 12.3 Å². The number of ether oxygens (including phenoxy) is 1. The number of hydrazone groups is 1. The van der Waals surface area contributed by atoms with Gasteiger partial charge in [-0.05, 0) is 49.1 Å². The number of amidine groups is 1. The molecule has 0 fully saturated rings. The van der Waals surface area contributed by atoms with Crippen molar-refractivity contribution in [1.82, 2.24) is 5.43 Å². The number of hydrogen-bond acceptors (Lipinski definition) is 4. The first-order valence-electron chi connectivity index (χ1n) is 11.5. The normalized spacial score (nSPS) is 12.9. The van der Waals surface area contributed by atoms with Gasteiger partial charge in [-0.25, -0.2) is 4.99 Å². The number of benzene rings is 4. The van der Waals surface area contributed by atoms with Crippen molar-refractivity contribution in [1.29, 1.82) is 0 Å². The van der Waals surface area contributed by atoms with Crippen molar-refractivity contribution in [3.63, 3.8) is 0 Å². The van der Waals surface area contributed by atoms with Gasteiger partial charge in [0.2, 0.25) is 0 Å². The van der Waals surface area contributed by atoms with Crippen LogP contribution in [0.25, 0.3) is 10.8 Å². The van der Waals surface area contributed by atoms with E-state index >= 15 is 0 Å². The summed E-state index contributed by atoms with van der Waals surface area (Å²) in [5, 5.41) is 7.09. The fraction of sp³-hybridized carbons (Fsp3) is 0.172. The van der Waals surface area contributed by atoms with Crippen LogP contribution < -0.4 is 10.2 Å². The molecular weight excluding hydrogens is 406 g/mol. The Kier molecular flexibility index (Phi) is 5.90. The highest BCUT2D eigenvalue weighted by atomic mass is 16.5. The van der Waals surface area contributed by atoms with E-state index in [9.17, 15) is 0 Å². The molecule has 5 rings (SSSR count). The average Bonchev–Trinajstić information content (AvgIpc) is 3.05. The van der Waals surface area contributed by atoms with Crippen LogP contribution in [0.5, 0.6) is 5.75 Å². The lowest BCUT2D eigenvalue weighted by Crippen LogP contribution is -2.19. The Morgan fingerprint density at radius 2 is 1.58 bits per heavy atom. The van der Waals surface area contributed by atoms with Gasteiger partial charge in [-0.1, -0.05) is 73.5 Å². The second-order valence-electron chi connectivity index (χ2n) is 8.31. The molecule has 0 radical (unpaired) electrons. The molecule has 4 heteroatoms. The van der Waals surface area contributed by atoms with E-state index in [1.54, 1.807) is 0 Å². The fourth-order valence-corrected chi connectivity index (χ4v) is 3.98. The van der Waals surface area contributed by atoms with E-state index in [-0.39, 0.29) is 0 Å². The maximum atomic E-state index is 5.85. The van der Waals surface area contributed by atoms with Crippen LogP contribution >= 0.6 is 0 Å². The molecule has 1 aliphatic heterocycles. The maximum Gasteiger partial charge on any atom is 0.154 e. The van der Waals surface area contributed by atoms with E-state index < -0.39 is 0 Å². The molecule has 1 aliphatic rings. The molecular formula is C29H27N3O. The summed E-state index contributed by atoms with van der Waals surface area (Å²) < 4.78 is 5.85. The molecule has 0 unspecified atom stereocenters. The standard InChI is InChI=1S/C29H27N3O/c1-3-4-19-33-24-16-13-22(14-17-24)27-26-18-15-21-7-5-6-8-25(21)28(26)30-29(32-31-27)23-11-9-20(2)10-12-23/h5-18H,3-4,19H2,1-2H3,(H,30,32). The van der Waals surface area contributed by atoms with E-state index in [0.717, 1.165) is 69.9 Å². The van der Waals surface area contributed by atoms with E-state index in [1.807, 2.05) is 12.1 Å². The lowest BCUT2D eigenvalue weighted by molar-refractivity contribution is 0.309. The minimum absolute atomic E-state index is 0.737. The molecule has 1 N–H and O–H groups in total. The smallest absolute Gasteiger partial charge is 0.154 e. The Hall–Kier alpha value is -3.92. The summed E-state index contributed by atoms with van der Waals surface area (Å²) in [6.45, 7) is 4.99. The minimum Gasteiger partial charge on any atom is -0.494 e. The Morgan fingerprint density at radius 3 is 2.36 bits per heavy atom. The third-order valence-electron chi connectivity index (χ3n) is 5.87. The second-order valence-corrected chi connectivity index (χ2v) is 8.31. The highest BCUT2D eigenvalue weighted by Gasteiger charge is 2.19. The molecule has 4 aromatic rings. The van der Waals surface area contributed by atoms with Gasteiger partial charge < -0.3 is 4.74 Å². The maximum absolute atomic E-state index is 5.85. The largest absolute Gasteiger partial charge is 0.494 e. The summed E-state index contributed by atoms with van der Waals surface area (Å²) in [4.78, 5) is 5.08. The van der Waals surface area contributed by atoms with Gasteiger partial charge in [-0.3, -0.25) is 5.43 Å². The molecule has 0 aromatic heterocycles. The third kappa shape index (κ3) is 4.37. The van der Waals surface area contributed by atoms with Gasteiger partial charge in [-0.2, -0.15) is 5.10 Å². The molecule has 33 heavy (non-hydrogen) atoms.